The zero-order chi connectivity index (χ0) is 22.5. The zero-order valence-electron chi connectivity index (χ0n) is 17.2. The fraction of sp³-hybridized carbons (Fsp3) is 0.238. The van der Waals surface area contributed by atoms with Crippen molar-refractivity contribution in [3.05, 3.63) is 68.1 Å². The molecule has 1 saturated heterocycles. The van der Waals surface area contributed by atoms with Crippen LogP contribution in [0.5, 0.6) is 5.75 Å². The fourth-order valence-corrected chi connectivity index (χ4v) is 3.98. The molecule has 3 rings (SSSR count). The van der Waals surface area contributed by atoms with E-state index in [1.165, 1.54) is 23.9 Å². The second-order valence-corrected chi connectivity index (χ2v) is 8.35. The molecule has 1 aliphatic rings. The lowest BCUT2D eigenvalue weighted by molar-refractivity contribution is -0.384. The molecule has 0 saturated carbocycles. The van der Waals surface area contributed by atoms with Crippen molar-refractivity contribution in [3.8, 4) is 5.75 Å². The van der Waals surface area contributed by atoms with Gasteiger partial charge in [0, 0.05) is 19.2 Å². The lowest BCUT2D eigenvalue weighted by atomic mass is 10.2. The number of nitro benzene ring substituents is 1. The Balaban J connectivity index is 1.94. The Labute approximate surface area is 189 Å². The number of amides is 1. The van der Waals surface area contributed by atoms with Crippen molar-refractivity contribution < 1.29 is 14.5 Å². The lowest BCUT2D eigenvalue weighted by Crippen LogP contribution is -2.35. The number of nitro groups is 1. The Morgan fingerprint density at radius 2 is 1.97 bits per heavy atom. The minimum atomic E-state index is -0.548. The first-order valence-corrected chi connectivity index (χ1v) is 10.5. The molecule has 1 amide bonds. The first-order chi connectivity index (χ1) is 14.8. The summed E-state index contributed by atoms with van der Waals surface area (Å²) in [5.74, 6) is 0.519. The third-order valence-corrected chi connectivity index (χ3v) is 5.75. The molecule has 0 N–H and O–H groups in total. The summed E-state index contributed by atoms with van der Waals surface area (Å²) in [5, 5.41) is 11.8. The third kappa shape index (κ3) is 5.63. The van der Waals surface area contributed by atoms with Crippen molar-refractivity contribution in [2.24, 2.45) is 4.99 Å². The normalized spacial score (nSPS) is 16.5. The summed E-state index contributed by atoms with van der Waals surface area (Å²) in [4.78, 5) is 32.3. The molecule has 1 fully saturated rings. The van der Waals surface area contributed by atoms with E-state index in [0.717, 1.165) is 0 Å². The van der Waals surface area contributed by atoms with Gasteiger partial charge in [-0.3, -0.25) is 19.8 Å². The summed E-state index contributed by atoms with van der Waals surface area (Å²) in [6.07, 6.45) is 1.62. The van der Waals surface area contributed by atoms with E-state index in [1.807, 2.05) is 31.1 Å². The molecule has 2 aromatic carbocycles. The van der Waals surface area contributed by atoms with Crippen molar-refractivity contribution in [2.45, 2.75) is 0 Å². The van der Waals surface area contributed by atoms with E-state index in [9.17, 15) is 14.9 Å². The quantitative estimate of drug-likeness (QED) is 0.345. The number of hydrogen-bond acceptors (Lipinski definition) is 7. The molecule has 0 atom stereocenters. The van der Waals surface area contributed by atoms with Crippen LogP contribution >= 0.6 is 23.4 Å². The first-order valence-electron chi connectivity index (χ1n) is 9.31. The Bertz CT molecular complexity index is 1050. The smallest absolute Gasteiger partial charge is 0.288 e. The van der Waals surface area contributed by atoms with Crippen molar-refractivity contribution in [1.29, 1.82) is 0 Å². The number of halogens is 1. The SMILES string of the molecule is COc1ccc(N=C2S/C(=C\c3ccc(Cl)c([N+](=O)[O-])c3)C(=O)N2CCN(C)C)cc1. The topological polar surface area (TPSA) is 88.3 Å². The van der Waals surface area contributed by atoms with E-state index < -0.39 is 4.92 Å². The van der Waals surface area contributed by atoms with Crippen molar-refractivity contribution in [3.63, 3.8) is 0 Å². The molecule has 162 valence electrons. The number of aliphatic imine (C=N–C) groups is 1. The lowest BCUT2D eigenvalue weighted by Gasteiger charge is -2.18. The Morgan fingerprint density at radius 3 is 2.58 bits per heavy atom. The predicted molar refractivity (Wildman–Crippen MR) is 124 cm³/mol. The summed E-state index contributed by atoms with van der Waals surface area (Å²) < 4.78 is 5.17. The van der Waals surface area contributed by atoms with Crippen LogP contribution in [0.25, 0.3) is 6.08 Å². The van der Waals surface area contributed by atoms with Crippen LogP contribution in [0.4, 0.5) is 11.4 Å². The van der Waals surface area contributed by atoms with Crippen LogP contribution in [0.3, 0.4) is 0 Å². The zero-order valence-corrected chi connectivity index (χ0v) is 18.8. The predicted octanol–water partition coefficient (Wildman–Crippen LogP) is 4.42. The molecule has 8 nitrogen and oxygen atoms in total. The van der Waals surface area contributed by atoms with Crippen molar-refractivity contribution in [2.75, 3.05) is 34.3 Å². The molecule has 31 heavy (non-hydrogen) atoms. The minimum absolute atomic E-state index is 0.0481. The van der Waals surface area contributed by atoms with Gasteiger partial charge in [-0.1, -0.05) is 17.7 Å². The summed E-state index contributed by atoms with van der Waals surface area (Å²) >= 11 is 7.12. The summed E-state index contributed by atoms with van der Waals surface area (Å²) in [5.41, 5.74) is 1.00. The highest BCUT2D eigenvalue weighted by Crippen LogP contribution is 2.35. The van der Waals surface area contributed by atoms with Crippen LogP contribution in [-0.4, -0.2) is 60.1 Å². The van der Waals surface area contributed by atoms with Gasteiger partial charge in [-0.2, -0.15) is 0 Å². The number of hydrogen-bond donors (Lipinski definition) is 0. The van der Waals surface area contributed by atoms with Gasteiger partial charge in [-0.15, -0.1) is 0 Å². The molecule has 1 heterocycles. The third-order valence-electron chi connectivity index (χ3n) is 4.42. The van der Waals surface area contributed by atoms with Gasteiger partial charge in [0.05, 0.1) is 22.6 Å². The molecule has 0 radical (unpaired) electrons. The van der Waals surface area contributed by atoms with Crippen LogP contribution < -0.4 is 4.74 Å². The first kappa shape index (κ1) is 22.8. The molecule has 0 aromatic heterocycles. The van der Waals surface area contributed by atoms with Gasteiger partial charge in [0.15, 0.2) is 5.17 Å². The Kier molecular flexibility index (Phi) is 7.32. The number of methoxy groups -OCH3 is 1. The van der Waals surface area contributed by atoms with E-state index in [-0.39, 0.29) is 16.6 Å². The summed E-state index contributed by atoms with van der Waals surface area (Å²) in [6.45, 7) is 1.12. The molecule has 0 bridgehead atoms. The number of carbonyl (C=O) groups is 1. The highest BCUT2D eigenvalue weighted by molar-refractivity contribution is 8.18. The van der Waals surface area contributed by atoms with Gasteiger partial charge >= 0.3 is 0 Å². The molecular formula is C21H21ClN4O4S. The average molecular weight is 461 g/mol. The number of amidine groups is 1. The maximum atomic E-state index is 13.1. The van der Waals surface area contributed by atoms with Crippen LogP contribution in [0.2, 0.25) is 5.02 Å². The largest absolute Gasteiger partial charge is 0.497 e. The fourth-order valence-electron chi connectivity index (χ4n) is 2.77. The van der Waals surface area contributed by atoms with E-state index in [1.54, 1.807) is 36.3 Å². The van der Waals surface area contributed by atoms with Gasteiger partial charge in [0.2, 0.25) is 0 Å². The summed E-state index contributed by atoms with van der Waals surface area (Å²) in [7, 11) is 5.45. The van der Waals surface area contributed by atoms with Crippen LogP contribution in [0.1, 0.15) is 5.56 Å². The number of likely N-dealkylation sites (N-methyl/N-ethyl adjacent to an activating group) is 1. The van der Waals surface area contributed by atoms with Gasteiger partial charge in [0.25, 0.3) is 11.6 Å². The molecule has 0 aliphatic carbocycles. The molecule has 1 aliphatic heterocycles. The van der Waals surface area contributed by atoms with Crippen molar-refractivity contribution >= 4 is 51.9 Å². The van der Waals surface area contributed by atoms with Crippen molar-refractivity contribution in [1.82, 2.24) is 9.80 Å². The highest BCUT2D eigenvalue weighted by atomic mass is 35.5. The molecule has 2 aromatic rings. The maximum Gasteiger partial charge on any atom is 0.288 e. The number of nitrogens with zero attached hydrogens (tertiary/aromatic N) is 4. The Hall–Kier alpha value is -2.88. The average Bonchev–Trinajstić information content (AvgIpc) is 3.02. The monoisotopic (exact) mass is 460 g/mol. The number of benzene rings is 2. The van der Waals surface area contributed by atoms with E-state index >= 15 is 0 Å². The molecule has 0 unspecified atom stereocenters. The number of thioether (sulfide) groups is 1. The molecule has 10 heteroatoms. The number of carbonyl (C=O) groups excluding carboxylic acids is 1. The van der Waals surface area contributed by atoms with E-state index in [0.29, 0.717) is 40.2 Å². The van der Waals surface area contributed by atoms with Crippen LogP contribution in [0.15, 0.2) is 52.4 Å². The van der Waals surface area contributed by atoms with Crippen LogP contribution in [-0.2, 0) is 4.79 Å². The van der Waals surface area contributed by atoms with Gasteiger partial charge in [-0.05, 0) is 67.8 Å². The van der Waals surface area contributed by atoms with Crippen LogP contribution in [0, 0.1) is 10.1 Å². The number of ether oxygens (including phenoxy) is 1. The highest BCUT2D eigenvalue weighted by Gasteiger charge is 2.33. The maximum absolute atomic E-state index is 13.1. The standard InChI is InChI=1S/C21H21ClN4O4S/c1-24(2)10-11-25-20(27)19(13-14-4-9-17(22)18(12-14)26(28)29)31-21(25)23-15-5-7-16(30-3)8-6-15/h4-9,12-13H,10-11H2,1-3H3/b19-13-,23-21?. The van der Waals surface area contributed by atoms with Gasteiger partial charge in [0.1, 0.15) is 10.8 Å². The van der Waals surface area contributed by atoms with E-state index in [2.05, 4.69) is 4.99 Å². The molecular weight excluding hydrogens is 440 g/mol. The second-order valence-electron chi connectivity index (χ2n) is 6.93. The second kappa shape index (κ2) is 9.95. The minimum Gasteiger partial charge on any atom is -0.497 e. The number of rotatable bonds is 7. The Morgan fingerprint density at radius 1 is 1.26 bits per heavy atom. The van der Waals surface area contributed by atoms with Gasteiger partial charge in [-0.25, -0.2) is 4.99 Å². The van der Waals surface area contributed by atoms with E-state index in [4.69, 9.17) is 16.3 Å². The van der Waals surface area contributed by atoms with Gasteiger partial charge < -0.3 is 9.64 Å². The summed E-state index contributed by atoms with van der Waals surface area (Å²) in [6, 6.07) is 11.7. The molecule has 0 spiro atoms.